The summed E-state index contributed by atoms with van der Waals surface area (Å²) in [6.45, 7) is -0.393. The zero-order chi connectivity index (χ0) is 13.2. The van der Waals surface area contributed by atoms with Crippen LogP contribution in [0.2, 0.25) is 0 Å². The molecule has 0 atom stereocenters. The van der Waals surface area contributed by atoms with Crippen LogP contribution in [-0.4, -0.2) is 21.7 Å². The van der Waals surface area contributed by atoms with Gasteiger partial charge in [-0.05, 0) is 23.3 Å². The average Bonchev–Trinajstić information content (AvgIpc) is 2.80. The maximum atomic E-state index is 12.1. The number of aromatic nitrogens is 2. The van der Waals surface area contributed by atoms with Gasteiger partial charge in [0.2, 0.25) is 0 Å². The number of ether oxygens (including phenoxy) is 1. The van der Waals surface area contributed by atoms with Gasteiger partial charge in [-0.15, -0.1) is 13.2 Å². The fraction of sp³-hybridized carbons (Fsp3) is 0.182. The number of benzene rings is 1. The van der Waals surface area contributed by atoms with Crippen LogP contribution in [0.5, 0.6) is 5.75 Å². The molecule has 0 saturated heterocycles. The van der Waals surface area contributed by atoms with Crippen molar-refractivity contribution in [1.82, 2.24) is 10.2 Å². The van der Waals surface area contributed by atoms with E-state index in [4.69, 9.17) is 0 Å². The van der Waals surface area contributed by atoms with Gasteiger partial charge < -0.3 is 9.84 Å². The maximum absolute atomic E-state index is 12.1. The highest BCUT2D eigenvalue weighted by molar-refractivity contribution is 5.66. The van der Waals surface area contributed by atoms with Crippen molar-refractivity contribution in [3.8, 4) is 16.9 Å². The number of alkyl halides is 3. The molecule has 4 nitrogen and oxygen atoms in total. The fourth-order valence-corrected chi connectivity index (χ4v) is 1.58. The van der Waals surface area contributed by atoms with E-state index < -0.39 is 13.0 Å². The van der Waals surface area contributed by atoms with E-state index in [0.717, 1.165) is 6.07 Å². The van der Waals surface area contributed by atoms with Gasteiger partial charge in [0.15, 0.2) is 0 Å². The van der Waals surface area contributed by atoms with Crippen LogP contribution in [0.3, 0.4) is 0 Å². The molecule has 18 heavy (non-hydrogen) atoms. The van der Waals surface area contributed by atoms with Gasteiger partial charge in [0, 0.05) is 11.8 Å². The number of hydrogen-bond acceptors (Lipinski definition) is 3. The Balaban J connectivity index is 2.35. The molecule has 0 radical (unpaired) electrons. The number of halogens is 3. The van der Waals surface area contributed by atoms with Crippen LogP contribution in [0.15, 0.2) is 30.6 Å². The van der Waals surface area contributed by atoms with E-state index in [-0.39, 0.29) is 5.75 Å². The molecule has 96 valence electrons. The molecule has 0 amide bonds. The summed E-state index contributed by atoms with van der Waals surface area (Å²) < 4.78 is 39.9. The summed E-state index contributed by atoms with van der Waals surface area (Å²) in [4.78, 5) is 0. The Morgan fingerprint density at radius 2 is 2.11 bits per heavy atom. The number of H-pyrrole nitrogens is 1. The second kappa shape index (κ2) is 4.69. The van der Waals surface area contributed by atoms with Crippen molar-refractivity contribution in [2.45, 2.75) is 13.0 Å². The van der Waals surface area contributed by atoms with Gasteiger partial charge in [0.1, 0.15) is 5.75 Å². The van der Waals surface area contributed by atoms with Crippen molar-refractivity contribution in [3.63, 3.8) is 0 Å². The number of aliphatic hydroxyl groups excluding tert-OH is 1. The van der Waals surface area contributed by atoms with Crippen molar-refractivity contribution >= 4 is 0 Å². The second-order valence-corrected chi connectivity index (χ2v) is 3.51. The zero-order valence-corrected chi connectivity index (χ0v) is 9.03. The molecular formula is C11H9F3N2O2. The van der Waals surface area contributed by atoms with Crippen molar-refractivity contribution in [1.29, 1.82) is 0 Å². The van der Waals surface area contributed by atoms with Crippen molar-refractivity contribution in [2.75, 3.05) is 0 Å². The van der Waals surface area contributed by atoms with Crippen LogP contribution in [0.25, 0.3) is 11.1 Å². The highest BCUT2D eigenvalue weighted by atomic mass is 19.4. The van der Waals surface area contributed by atoms with Gasteiger partial charge in [-0.3, -0.25) is 5.10 Å². The molecular weight excluding hydrogens is 249 g/mol. The van der Waals surface area contributed by atoms with Crippen LogP contribution >= 0.6 is 0 Å². The third-order valence-corrected chi connectivity index (χ3v) is 2.29. The highest BCUT2D eigenvalue weighted by Crippen LogP contribution is 2.29. The summed E-state index contributed by atoms with van der Waals surface area (Å²) in [6, 6.07) is 3.78. The van der Waals surface area contributed by atoms with E-state index in [2.05, 4.69) is 14.9 Å². The second-order valence-electron chi connectivity index (χ2n) is 3.51. The first-order valence-corrected chi connectivity index (χ1v) is 4.98. The molecule has 0 spiro atoms. The van der Waals surface area contributed by atoms with Gasteiger partial charge in [0.05, 0.1) is 12.8 Å². The summed E-state index contributed by atoms with van der Waals surface area (Å²) >= 11 is 0. The quantitative estimate of drug-likeness (QED) is 0.889. The number of nitrogens with one attached hydrogen (secondary N) is 1. The summed E-state index contributed by atoms with van der Waals surface area (Å²) in [7, 11) is 0. The van der Waals surface area contributed by atoms with Crippen LogP contribution in [0, 0.1) is 0 Å². The van der Waals surface area contributed by atoms with Crippen LogP contribution in [0.1, 0.15) is 5.56 Å². The third-order valence-electron chi connectivity index (χ3n) is 2.29. The van der Waals surface area contributed by atoms with Gasteiger partial charge in [-0.25, -0.2) is 0 Å². The Morgan fingerprint density at radius 1 is 1.33 bits per heavy atom. The lowest BCUT2D eigenvalue weighted by Crippen LogP contribution is -2.17. The van der Waals surface area contributed by atoms with Crippen LogP contribution in [-0.2, 0) is 6.61 Å². The molecule has 0 aliphatic heterocycles. The number of rotatable bonds is 3. The lowest BCUT2D eigenvalue weighted by atomic mass is 10.0. The Labute approximate surface area is 100 Å². The monoisotopic (exact) mass is 258 g/mol. The Bertz CT molecular complexity index is 524. The molecule has 0 unspecified atom stereocenters. The summed E-state index contributed by atoms with van der Waals surface area (Å²) in [5, 5.41) is 15.5. The predicted octanol–water partition coefficient (Wildman–Crippen LogP) is 2.47. The Morgan fingerprint density at radius 3 is 2.67 bits per heavy atom. The van der Waals surface area contributed by atoms with Gasteiger partial charge in [0.25, 0.3) is 0 Å². The SMILES string of the molecule is OCc1cc(OC(F)(F)F)ccc1-c1cn[nH]c1. The molecule has 1 aromatic carbocycles. The van der Waals surface area contributed by atoms with E-state index in [1.165, 1.54) is 18.3 Å². The van der Waals surface area contributed by atoms with Gasteiger partial charge in [-0.1, -0.05) is 6.07 Å². The Kier molecular flexibility index (Phi) is 3.24. The predicted molar refractivity (Wildman–Crippen MR) is 56.6 cm³/mol. The van der Waals surface area contributed by atoms with E-state index in [1.54, 1.807) is 6.20 Å². The molecule has 2 N–H and O–H groups in total. The lowest BCUT2D eigenvalue weighted by molar-refractivity contribution is -0.274. The molecule has 0 fully saturated rings. The van der Waals surface area contributed by atoms with Crippen molar-refractivity contribution in [3.05, 3.63) is 36.2 Å². The minimum absolute atomic E-state index is 0.332. The molecule has 0 aliphatic carbocycles. The van der Waals surface area contributed by atoms with Crippen LogP contribution in [0.4, 0.5) is 13.2 Å². The average molecular weight is 258 g/mol. The number of nitrogens with zero attached hydrogens (tertiary/aromatic N) is 1. The summed E-state index contributed by atoms with van der Waals surface area (Å²) in [6.07, 6.45) is -1.65. The lowest BCUT2D eigenvalue weighted by Gasteiger charge is -2.11. The molecule has 0 bridgehead atoms. The van der Waals surface area contributed by atoms with E-state index in [9.17, 15) is 18.3 Å². The van der Waals surface area contributed by atoms with E-state index in [0.29, 0.717) is 16.7 Å². The van der Waals surface area contributed by atoms with E-state index in [1.807, 2.05) is 0 Å². The Hall–Kier alpha value is -2.02. The minimum atomic E-state index is -4.75. The molecule has 2 rings (SSSR count). The number of hydrogen-bond donors (Lipinski definition) is 2. The third kappa shape index (κ3) is 2.80. The normalized spacial score (nSPS) is 11.6. The molecule has 0 saturated carbocycles. The minimum Gasteiger partial charge on any atom is -0.406 e. The topological polar surface area (TPSA) is 58.1 Å². The number of aliphatic hydroxyl groups is 1. The standard InChI is InChI=1S/C11H9F3N2O2/c12-11(13,14)18-9-1-2-10(7(3-9)6-17)8-4-15-16-5-8/h1-5,17H,6H2,(H,15,16). The maximum Gasteiger partial charge on any atom is 0.573 e. The molecule has 2 aromatic rings. The van der Waals surface area contributed by atoms with Crippen molar-refractivity contribution in [2.24, 2.45) is 0 Å². The molecule has 7 heteroatoms. The largest absolute Gasteiger partial charge is 0.573 e. The zero-order valence-electron chi connectivity index (χ0n) is 9.03. The van der Waals surface area contributed by atoms with Gasteiger partial charge >= 0.3 is 6.36 Å². The van der Waals surface area contributed by atoms with Crippen molar-refractivity contribution < 1.29 is 23.0 Å². The smallest absolute Gasteiger partial charge is 0.406 e. The van der Waals surface area contributed by atoms with Gasteiger partial charge in [-0.2, -0.15) is 5.10 Å². The molecule has 1 aromatic heterocycles. The molecule has 0 aliphatic rings. The van der Waals surface area contributed by atoms with Crippen LogP contribution < -0.4 is 4.74 Å². The number of aromatic amines is 1. The summed E-state index contributed by atoms with van der Waals surface area (Å²) in [5.41, 5.74) is 1.61. The highest BCUT2D eigenvalue weighted by Gasteiger charge is 2.31. The fourth-order valence-electron chi connectivity index (χ4n) is 1.58. The first-order valence-electron chi connectivity index (χ1n) is 4.98. The first-order chi connectivity index (χ1) is 8.49. The van der Waals surface area contributed by atoms with E-state index >= 15 is 0 Å². The first kappa shape index (κ1) is 12.4. The molecule has 1 heterocycles. The summed E-state index contributed by atoms with van der Waals surface area (Å²) in [5.74, 6) is -0.362.